The SMILES string of the molecule is CCNC(=NCC(=O)N1CCc2sccc2C1)N(C)CC(=O)N(CC)CC. The van der Waals surface area contributed by atoms with Crippen LogP contribution in [0.25, 0.3) is 0 Å². The van der Waals surface area contributed by atoms with Crippen molar-refractivity contribution in [1.29, 1.82) is 0 Å². The van der Waals surface area contributed by atoms with Crippen LogP contribution in [0.3, 0.4) is 0 Å². The Kier molecular flexibility index (Phi) is 8.09. The van der Waals surface area contributed by atoms with Crippen LogP contribution < -0.4 is 5.32 Å². The number of guanidine groups is 1. The summed E-state index contributed by atoms with van der Waals surface area (Å²) in [6.07, 6.45) is 0.917. The summed E-state index contributed by atoms with van der Waals surface area (Å²) in [4.78, 5) is 36.2. The molecule has 8 heteroatoms. The molecule has 1 aromatic heterocycles. The number of nitrogens with one attached hydrogen (secondary N) is 1. The summed E-state index contributed by atoms with van der Waals surface area (Å²) in [6, 6.07) is 2.10. The van der Waals surface area contributed by atoms with E-state index in [0.717, 1.165) is 13.0 Å². The van der Waals surface area contributed by atoms with Crippen molar-refractivity contribution < 1.29 is 9.59 Å². The second-order valence-electron chi connectivity index (χ2n) is 6.53. The number of thiophene rings is 1. The first-order valence-corrected chi connectivity index (χ1v) is 10.5. The van der Waals surface area contributed by atoms with E-state index >= 15 is 0 Å². The normalized spacial score (nSPS) is 13.9. The molecule has 1 aliphatic rings. The molecule has 0 aliphatic carbocycles. The zero-order chi connectivity index (χ0) is 19.8. The summed E-state index contributed by atoms with van der Waals surface area (Å²) >= 11 is 1.76. The van der Waals surface area contributed by atoms with E-state index in [0.29, 0.717) is 32.1 Å². The molecule has 0 radical (unpaired) electrons. The lowest BCUT2D eigenvalue weighted by molar-refractivity contribution is -0.131. The fraction of sp³-hybridized carbons (Fsp3) is 0.632. The van der Waals surface area contributed by atoms with Crippen LogP contribution in [0.5, 0.6) is 0 Å². The Labute approximate surface area is 166 Å². The van der Waals surface area contributed by atoms with Crippen molar-refractivity contribution in [1.82, 2.24) is 20.0 Å². The van der Waals surface area contributed by atoms with Crippen LogP contribution in [-0.4, -0.2) is 78.8 Å². The zero-order valence-electron chi connectivity index (χ0n) is 16.8. The lowest BCUT2D eigenvalue weighted by Crippen LogP contribution is -2.46. The number of aliphatic imine (C=N–C) groups is 1. The Morgan fingerprint density at radius 2 is 2.04 bits per heavy atom. The molecule has 1 aliphatic heterocycles. The first-order valence-electron chi connectivity index (χ1n) is 9.60. The summed E-state index contributed by atoms with van der Waals surface area (Å²) in [6.45, 7) is 9.71. The van der Waals surface area contributed by atoms with E-state index in [2.05, 4.69) is 21.8 Å². The van der Waals surface area contributed by atoms with Gasteiger partial charge in [-0.15, -0.1) is 11.3 Å². The molecule has 0 saturated carbocycles. The highest BCUT2D eigenvalue weighted by molar-refractivity contribution is 7.10. The van der Waals surface area contributed by atoms with Crippen LogP contribution in [0.15, 0.2) is 16.4 Å². The third-order valence-electron chi connectivity index (χ3n) is 4.71. The van der Waals surface area contributed by atoms with Crippen molar-refractivity contribution in [3.05, 3.63) is 21.9 Å². The monoisotopic (exact) mass is 393 g/mol. The number of carbonyl (C=O) groups excluding carboxylic acids is 2. The van der Waals surface area contributed by atoms with E-state index in [4.69, 9.17) is 0 Å². The number of amides is 2. The molecule has 2 heterocycles. The van der Waals surface area contributed by atoms with Crippen molar-refractivity contribution in [3.63, 3.8) is 0 Å². The van der Waals surface area contributed by atoms with Crippen molar-refractivity contribution in [2.45, 2.75) is 33.7 Å². The zero-order valence-corrected chi connectivity index (χ0v) is 17.6. The molecule has 1 N–H and O–H groups in total. The van der Waals surface area contributed by atoms with Gasteiger partial charge in [-0.1, -0.05) is 0 Å². The van der Waals surface area contributed by atoms with E-state index in [9.17, 15) is 9.59 Å². The molecular weight excluding hydrogens is 362 g/mol. The van der Waals surface area contributed by atoms with Gasteiger partial charge in [0.1, 0.15) is 6.54 Å². The van der Waals surface area contributed by atoms with Crippen molar-refractivity contribution in [3.8, 4) is 0 Å². The van der Waals surface area contributed by atoms with Crippen molar-refractivity contribution in [2.24, 2.45) is 4.99 Å². The second-order valence-corrected chi connectivity index (χ2v) is 7.53. The average Bonchev–Trinajstić information content (AvgIpc) is 3.13. The predicted molar refractivity (Wildman–Crippen MR) is 110 cm³/mol. The van der Waals surface area contributed by atoms with E-state index < -0.39 is 0 Å². The van der Waals surface area contributed by atoms with Crippen LogP contribution in [0.4, 0.5) is 0 Å². The predicted octanol–water partition coefficient (Wildman–Crippen LogP) is 1.40. The average molecular weight is 394 g/mol. The lowest BCUT2D eigenvalue weighted by atomic mass is 10.1. The highest BCUT2D eigenvalue weighted by Gasteiger charge is 2.21. The minimum absolute atomic E-state index is 0.0192. The number of likely N-dealkylation sites (N-methyl/N-ethyl adjacent to an activating group) is 2. The third kappa shape index (κ3) is 5.69. The molecule has 0 atom stereocenters. The molecule has 1 aromatic rings. The van der Waals surface area contributed by atoms with E-state index in [1.54, 1.807) is 21.1 Å². The number of hydrogen-bond acceptors (Lipinski definition) is 4. The topological polar surface area (TPSA) is 68.2 Å². The fourth-order valence-corrected chi connectivity index (χ4v) is 4.02. The summed E-state index contributed by atoms with van der Waals surface area (Å²) < 4.78 is 0. The molecule has 7 nitrogen and oxygen atoms in total. The smallest absolute Gasteiger partial charge is 0.244 e. The van der Waals surface area contributed by atoms with Gasteiger partial charge in [0.25, 0.3) is 0 Å². The summed E-state index contributed by atoms with van der Waals surface area (Å²) in [5, 5.41) is 5.25. The molecule has 150 valence electrons. The highest BCUT2D eigenvalue weighted by Crippen LogP contribution is 2.23. The quantitative estimate of drug-likeness (QED) is 0.562. The first kappa shape index (κ1) is 21.2. The maximum absolute atomic E-state index is 12.6. The number of rotatable bonds is 7. The molecule has 0 saturated heterocycles. The maximum atomic E-state index is 12.6. The number of carbonyl (C=O) groups is 2. The van der Waals surface area contributed by atoms with Crippen molar-refractivity contribution in [2.75, 3.05) is 46.3 Å². The molecule has 0 aromatic carbocycles. The molecule has 0 spiro atoms. The lowest BCUT2D eigenvalue weighted by Gasteiger charge is -2.27. The summed E-state index contributed by atoms with van der Waals surface area (Å²) in [7, 11) is 1.83. The molecule has 0 unspecified atom stereocenters. The molecule has 0 bridgehead atoms. The van der Waals surface area contributed by atoms with Gasteiger partial charge in [0, 0.05) is 44.6 Å². The van der Waals surface area contributed by atoms with Gasteiger partial charge in [-0.25, -0.2) is 4.99 Å². The van der Waals surface area contributed by atoms with Crippen LogP contribution in [0, 0.1) is 0 Å². The van der Waals surface area contributed by atoms with Crippen molar-refractivity contribution >= 4 is 29.1 Å². The Morgan fingerprint density at radius 3 is 2.70 bits per heavy atom. The molecular formula is C19H31N5O2S. The molecule has 0 fully saturated rings. The largest absolute Gasteiger partial charge is 0.356 e. The van der Waals surface area contributed by atoms with E-state index in [1.807, 2.05) is 32.7 Å². The van der Waals surface area contributed by atoms with Gasteiger partial charge < -0.3 is 20.0 Å². The summed E-state index contributed by atoms with van der Waals surface area (Å²) in [5.41, 5.74) is 1.25. The van der Waals surface area contributed by atoms with Gasteiger partial charge >= 0.3 is 0 Å². The Bertz CT molecular complexity index is 669. The Balaban J connectivity index is 1.95. The number of hydrogen-bond donors (Lipinski definition) is 1. The standard InChI is InChI=1S/C19H31N5O2S/c1-5-20-19(22(4)14-18(26)23(6-2)7-3)21-12-17(25)24-10-8-16-15(13-24)9-11-27-16/h9,11H,5-8,10,12-14H2,1-4H3,(H,20,21). The van der Waals surface area contributed by atoms with E-state index in [1.165, 1.54) is 10.4 Å². The Morgan fingerprint density at radius 1 is 1.30 bits per heavy atom. The molecule has 2 amide bonds. The van der Waals surface area contributed by atoms with Gasteiger partial charge in [0.05, 0.1) is 6.54 Å². The van der Waals surface area contributed by atoms with Gasteiger partial charge in [0.2, 0.25) is 11.8 Å². The minimum Gasteiger partial charge on any atom is -0.356 e. The number of fused-ring (bicyclic) bond motifs is 1. The highest BCUT2D eigenvalue weighted by atomic mass is 32.1. The van der Waals surface area contributed by atoms with Crippen LogP contribution in [0.1, 0.15) is 31.2 Å². The third-order valence-corrected chi connectivity index (χ3v) is 5.73. The van der Waals surface area contributed by atoms with Gasteiger partial charge in [-0.2, -0.15) is 0 Å². The van der Waals surface area contributed by atoms with Crippen LogP contribution >= 0.6 is 11.3 Å². The van der Waals surface area contributed by atoms with Gasteiger partial charge in [-0.05, 0) is 44.2 Å². The van der Waals surface area contributed by atoms with Gasteiger partial charge in [-0.3, -0.25) is 9.59 Å². The van der Waals surface area contributed by atoms with E-state index in [-0.39, 0.29) is 24.9 Å². The minimum atomic E-state index is 0.0192. The molecule has 27 heavy (non-hydrogen) atoms. The Hall–Kier alpha value is -2.09. The van der Waals surface area contributed by atoms with Crippen LogP contribution in [0.2, 0.25) is 0 Å². The summed E-state index contributed by atoms with van der Waals surface area (Å²) in [5.74, 6) is 0.658. The second kappa shape index (κ2) is 10.3. The van der Waals surface area contributed by atoms with Gasteiger partial charge in [0.15, 0.2) is 5.96 Å². The molecule has 2 rings (SSSR count). The van der Waals surface area contributed by atoms with Crippen LogP contribution in [-0.2, 0) is 22.6 Å². The maximum Gasteiger partial charge on any atom is 0.244 e. The fourth-order valence-electron chi connectivity index (χ4n) is 3.13. The number of nitrogens with zero attached hydrogens (tertiary/aromatic N) is 4. The first-order chi connectivity index (χ1) is 13.0.